The van der Waals surface area contributed by atoms with Crippen molar-refractivity contribution in [1.82, 2.24) is 15.1 Å². The van der Waals surface area contributed by atoms with Gasteiger partial charge in [-0.3, -0.25) is 14.9 Å². The first-order valence-electron chi connectivity index (χ1n) is 9.25. The number of nitrogens with zero attached hydrogens (tertiary/aromatic N) is 3. The van der Waals surface area contributed by atoms with Gasteiger partial charge in [0.15, 0.2) is 0 Å². The summed E-state index contributed by atoms with van der Waals surface area (Å²) in [6.07, 6.45) is 0.628. The maximum Gasteiger partial charge on any atom is 0.317 e. The molecule has 1 fully saturated rings. The number of hydrogen-bond acceptors (Lipinski definition) is 4. The lowest BCUT2D eigenvalue weighted by molar-refractivity contribution is -0.384. The molecule has 1 saturated heterocycles. The Morgan fingerprint density at radius 3 is 2.24 bits per heavy atom. The lowest BCUT2D eigenvalue weighted by Gasteiger charge is -2.22. The summed E-state index contributed by atoms with van der Waals surface area (Å²) in [5.41, 5.74) is 1.11. The van der Waals surface area contributed by atoms with Crippen molar-refractivity contribution in [2.45, 2.75) is 13.0 Å². The maximum atomic E-state index is 12.9. The number of non-ortho nitro benzene ring substituents is 1. The Balaban J connectivity index is 1.53. The number of urea groups is 1. The predicted octanol–water partition coefficient (Wildman–Crippen LogP) is 2.79. The zero-order valence-electron chi connectivity index (χ0n) is 15.7. The minimum atomic E-state index is -0.511. The highest BCUT2D eigenvalue weighted by Crippen LogP contribution is 2.15. The molecule has 0 aromatic heterocycles. The third-order valence-corrected chi connectivity index (χ3v) is 4.75. The van der Waals surface area contributed by atoms with E-state index in [1.165, 1.54) is 36.4 Å². The Morgan fingerprint density at radius 1 is 0.966 bits per heavy atom. The summed E-state index contributed by atoms with van der Waals surface area (Å²) in [6.45, 7) is 2.06. The van der Waals surface area contributed by atoms with Gasteiger partial charge in [-0.15, -0.1) is 0 Å². The summed E-state index contributed by atoms with van der Waals surface area (Å²) in [7, 11) is 0. The van der Waals surface area contributed by atoms with Crippen molar-refractivity contribution in [1.29, 1.82) is 0 Å². The molecule has 3 amide bonds. The fraction of sp³-hybridized carbons (Fsp3) is 0.300. The average Bonchev–Trinajstić information content (AvgIpc) is 2.99. The van der Waals surface area contributed by atoms with Crippen molar-refractivity contribution in [3.63, 3.8) is 0 Å². The van der Waals surface area contributed by atoms with Crippen LogP contribution < -0.4 is 5.32 Å². The smallest absolute Gasteiger partial charge is 0.317 e. The van der Waals surface area contributed by atoms with Crippen LogP contribution in [0.15, 0.2) is 48.5 Å². The lowest BCUT2D eigenvalue weighted by Crippen LogP contribution is -2.42. The van der Waals surface area contributed by atoms with Crippen LogP contribution in [-0.2, 0) is 6.54 Å². The highest BCUT2D eigenvalue weighted by Gasteiger charge is 2.23. The Hall–Kier alpha value is -3.49. The van der Waals surface area contributed by atoms with E-state index in [1.54, 1.807) is 21.9 Å². The lowest BCUT2D eigenvalue weighted by atomic mass is 10.2. The number of benzene rings is 2. The van der Waals surface area contributed by atoms with Crippen LogP contribution in [0.3, 0.4) is 0 Å². The molecule has 0 atom stereocenters. The molecule has 0 unspecified atom stereocenters. The van der Waals surface area contributed by atoms with E-state index < -0.39 is 4.92 Å². The van der Waals surface area contributed by atoms with Gasteiger partial charge in [-0.05, 0) is 36.2 Å². The van der Waals surface area contributed by atoms with Gasteiger partial charge in [0, 0.05) is 50.4 Å². The molecule has 1 aliphatic heterocycles. The minimum Gasteiger partial charge on any atom is -0.337 e. The Bertz CT molecular complexity index is 886. The first-order valence-corrected chi connectivity index (χ1v) is 9.25. The first kappa shape index (κ1) is 20.2. The third-order valence-electron chi connectivity index (χ3n) is 4.75. The summed E-state index contributed by atoms with van der Waals surface area (Å²) < 4.78 is 12.9. The average molecular weight is 400 g/mol. The molecule has 0 bridgehead atoms. The second-order valence-corrected chi connectivity index (χ2v) is 6.72. The van der Waals surface area contributed by atoms with Crippen LogP contribution in [0.25, 0.3) is 0 Å². The van der Waals surface area contributed by atoms with E-state index in [4.69, 9.17) is 0 Å². The van der Waals surface area contributed by atoms with Gasteiger partial charge in [0.2, 0.25) is 0 Å². The van der Waals surface area contributed by atoms with E-state index in [2.05, 4.69) is 5.32 Å². The highest BCUT2D eigenvalue weighted by atomic mass is 19.1. The number of rotatable bonds is 4. The van der Waals surface area contributed by atoms with Crippen LogP contribution >= 0.6 is 0 Å². The normalized spacial score (nSPS) is 14.2. The molecule has 2 aromatic rings. The number of halogens is 1. The molecular weight excluding hydrogens is 379 g/mol. The van der Waals surface area contributed by atoms with Gasteiger partial charge >= 0.3 is 6.03 Å². The highest BCUT2D eigenvalue weighted by molar-refractivity contribution is 5.94. The molecule has 0 spiro atoms. The van der Waals surface area contributed by atoms with Gasteiger partial charge in [0.05, 0.1) is 4.92 Å². The SMILES string of the molecule is O=C(NCc1ccc(F)cc1)N1CCCN(C(=O)c2ccc([N+](=O)[O-])cc2)CC1. The van der Waals surface area contributed by atoms with Crippen molar-refractivity contribution in [2.75, 3.05) is 26.2 Å². The molecule has 1 aliphatic rings. The molecule has 0 aliphatic carbocycles. The molecule has 0 radical (unpaired) electrons. The van der Waals surface area contributed by atoms with Crippen molar-refractivity contribution in [3.8, 4) is 0 Å². The Morgan fingerprint density at radius 2 is 1.59 bits per heavy atom. The second kappa shape index (κ2) is 9.13. The summed E-state index contributed by atoms with van der Waals surface area (Å²) in [4.78, 5) is 38.6. The largest absolute Gasteiger partial charge is 0.337 e. The number of amides is 3. The number of nitro benzene ring substituents is 1. The van der Waals surface area contributed by atoms with Crippen molar-refractivity contribution < 1.29 is 18.9 Å². The molecule has 0 saturated carbocycles. The van der Waals surface area contributed by atoms with Crippen LogP contribution in [-0.4, -0.2) is 52.8 Å². The summed E-state index contributed by atoms with van der Waals surface area (Å²) in [5.74, 6) is -0.543. The number of carbonyl (C=O) groups is 2. The summed E-state index contributed by atoms with van der Waals surface area (Å²) in [5, 5.41) is 13.5. The van der Waals surface area contributed by atoms with E-state index >= 15 is 0 Å². The molecule has 2 aromatic carbocycles. The monoisotopic (exact) mass is 400 g/mol. The molecule has 3 rings (SSSR count). The molecule has 8 nitrogen and oxygen atoms in total. The standard InChI is InChI=1S/C20H21FN4O4/c21-17-6-2-15(3-7-17)14-22-20(27)24-11-1-10-23(12-13-24)19(26)16-4-8-18(9-5-16)25(28)29/h2-9H,1,10-14H2,(H,22,27). The van der Waals surface area contributed by atoms with Crippen LogP contribution in [0.1, 0.15) is 22.3 Å². The third kappa shape index (κ3) is 5.28. The zero-order valence-corrected chi connectivity index (χ0v) is 15.7. The molecule has 1 heterocycles. The van der Waals surface area contributed by atoms with Gasteiger partial charge in [0.1, 0.15) is 5.82 Å². The topological polar surface area (TPSA) is 95.8 Å². The predicted molar refractivity (Wildman–Crippen MR) is 104 cm³/mol. The molecule has 152 valence electrons. The number of carbonyl (C=O) groups excluding carboxylic acids is 2. The van der Waals surface area contributed by atoms with Crippen LogP contribution in [0.4, 0.5) is 14.9 Å². The minimum absolute atomic E-state index is 0.0681. The van der Waals surface area contributed by atoms with Crippen LogP contribution in [0, 0.1) is 15.9 Å². The number of hydrogen-bond donors (Lipinski definition) is 1. The fourth-order valence-corrected chi connectivity index (χ4v) is 3.12. The maximum absolute atomic E-state index is 12.9. The quantitative estimate of drug-likeness (QED) is 0.631. The van der Waals surface area contributed by atoms with Crippen molar-refractivity contribution in [2.24, 2.45) is 0 Å². The van der Waals surface area contributed by atoms with E-state index in [1.807, 2.05) is 0 Å². The first-order chi connectivity index (χ1) is 13.9. The molecule has 1 N–H and O–H groups in total. The van der Waals surface area contributed by atoms with Gasteiger partial charge < -0.3 is 15.1 Å². The van der Waals surface area contributed by atoms with Crippen molar-refractivity contribution in [3.05, 3.63) is 75.6 Å². The van der Waals surface area contributed by atoms with Gasteiger partial charge in [-0.2, -0.15) is 0 Å². The van der Waals surface area contributed by atoms with Crippen LogP contribution in [0.5, 0.6) is 0 Å². The fourth-order valence-electron chi connectivity index (χ4n) is 3.12. The van der Waals surface area contributed by atoms with E-state index in [0.29, 0.717) is 44.7 Å². The number of nitrogens with one attached hydrogen (secondary N) is 1. The van der Waals surface area contributed by atoms with E-state index in [-0.39, 0.29) is 23.4 Å². The molecule has 29 heavy (non-hydrogen) atoms. The van der Waals surface area contributed by atoms with Crippen LogP contribution in [0.2, 0.25) is 0 Å². The van der Waals surface area contributed by atoms with E-state index in [9.17, 15) is 24.1 Å². The van der Waals surface area contributed by atoms with Gasteiger partial charge in [-0.25, -0.2) is 9.18 Å². The van der Waals surface area contributed by atoms with Crippen molar-refractivity contribution >= 4 is 17.6 Å². The molecule has 9 heteroatoms. The van der Waals surface area contributed by atoms with Gasteiger partial charge in [0.25, 0.3) is 11.6 Å². The van der Waals surface area contributed by atoms with Gasteiger partial charge in [-0.1, -0.05) is 12.1 Å². The molecular formula is C20H21FN4O4. The Labute approximate surface area is 167 Å². The Kier molecular flexibility index (Phi) is 6.38. The summed E-state index contributed by atoms with van der Waals surface area (Å²) in [6, 6.07) is 11.2. The zero-order chi connectivity index (χ0) is 20.8. The van der Waals surface area contributed by atoms with E-state index in [0.717, 1.165) is 5.56 Å². The second-order valence-electron chi connectivity index (χ2n) is 6.72. The summed E-state index contributed by atoms with van der Waals surface area (Å²) >= 11 is 0. The number of nitro groups is 1.